The zero-order valence-electron chi connectivity index (χ0n) is 9.35. The summed E-state index contributed by atoms with van der Waals surface area (Å²) in [4.78, 5) is 0. The molecule has 0 amide bonds. The molecule has 2 atom stereocenters. The van der Waals surface area contributed by atoms with Gasteiger partial charge in [0.05, 0.1) is 5.02 Å². The minimum Gasteiger partial charge on any atom is -0.308 e. The monoisotopic (exact) mass is 229 g/mol. The van der Waals surface area contributed by atoms with Crippen LogP contribution in [-0.4, -0.2) is 6.04 Å². The molecule has 0 aliphatic rings. The van der Waals surface area contributed by atoms with Gasteiger partial charge in [-0.15, -0.1) is 0 Å². The second kappa shape index (κ2) is 5.47. The van der Waals surface area contributed by atoms with Crippen molar-refractivity contribution in [1.82, 2.24) is 5.32 Å². The zero-order chi connectivity index (χ0) is 11.4. The number of rotatable bonds is 4. The average Bonchev–Trinajstić information content (AvgIpc) is 2.21. The topological polar surface area (TPSA) is 12.0 Å². The van der Waals surface area contributed by atoms with Crippen LogP contribution < -0.4 is 5.32 Å². The highest BCUT2D eigenvalue weighted by Gasteiger charge is 2.09. The summed E-state index contributed by atoms with van der Waals surface area (Å²) >= 11 is 5.62. The number of benzene rings is 1. The average molecular weight is 230 g/mol. The van der Waals surface area contributed by atoms with Crippen LogP contribution in [0.2, 0.25) is 5.02 Å². The number of halogens is 2. The van der Waals surface area contributed by atoms with Crippen LogP contribution in [0, 0.1) is 5.82 Å². The van der Waals surface area contributed by atoms with E-state index in [4.69, 9.17) is 11.6 Å². The van der Waals surface area contributed by atoms with Gasteiger partial charge in [-0.3, -0.25) is 0 Å². The maximum atomic E-state index is 13.2. The van der Waals surface area contributed by atoms with E-state index in [2.05, 4.69) is 19.2 Å². The van der Waals surface area contributed by atoms with Gasteiger partial charge < -0.3 is 5.32 Å². The van der Waals surface area contributed by atoms with E-state index in [1.54, 1.807) is 6.07 Å². The molecule has 84 valence electrons. The molecule has 1 aromatic rings. The van der Waals surface area contributed by atoms with Crippen LogP contribution in [0.5, 0.6) is 0 Å². The molecular weight excluding hydrogens is 213 g/mol. The van der Waals surface area contributed by atoms with Crippen molar-refractivity contribution >= 4 is 11.6 Å². The third-order valence-corrected chi connectivity index (χ3v) is 2.90. The fraction of sp³-hybridized carbons (Fsp3) is 0.500. The molecule has 15 heavy (non-hydrogen) atoms. The fourth-order valence-corrected chi connectivity index (χ4v) is 1.54. The maximum absolute atomic E-state index is 13.2. The minimum absolute atomic E-state index is 0.145. The van der Waals surface area contributed by atoms with Crippen molar-refractivity contribution in [2.45, 2.75) is 39.3 Å². The fourth-order valence-electron chi connectivity index (χ4n) is 1.42. The summed E-state index contributed by atoms with van der Waals surface area (Å²) in [6.45, 7) is 6.25. The van der Waals surface area contributed by atoms with Gasteiger partial charge in [0.2, 0.25) is 0 Å². The first-order valence-corrected chi connectivity index (χ1v) is 5.63. The van der Waals surface area contributed by atoms with Crippen molar-refractivity contribution in [2.75, 3.05) is 0 Å². The molecule has 1 nitrogen and oxygen atoms in total. The first kappa shape index (κ1) is 12.5. The Bertz CT molecular complexity index is 327. The van der Waals surface area contributed by atoms with Crippen LogP contribution in [0.3, 0.4) is 0 Å². The molecule has 1 aromatic carbocycles. The van der Waals surface area contributed by atoms with Gasteiger partial charge >= 0.3 is 0 Å². The van der Waals surface area contributed by atoms with Crippen molar-refractivity contribution < 1.29 is 4.39 Å². The molecule has 1 unspecified atom stereocenters. The van der Waals surface area contributed by atoms with E-state index < -0.39 is 0 Å². The van der Waals surface area contributed by atoms with E-state index in [0.717, 1.165) is 12.0 Å². The Kier molecular flexibility index (Phi) is 4.55. The summed E-state index contributed by atoms with van der Waals surface area (Å²) in [6.07, 6.45) is 1.06. The maximum Gasteiger partial charge on any atom is 0.142 e. The van der Waals surface area contributed by atoms with Gasteiger partial charge in [0.15, 0.2) is 0 Å². The lowest BCUT2D eigenvalue weighted by molar-refractivity contribution is 0.467. The van der Waals surface area contributed by atoms with Crippen molar-refractivity contribution in [3.05, 3.63) is 34.6 Å². The number of nitrogens with one attached hydrogen (secondary N) is 1. The van der Waals surface area contributed by atoms with Gasteiger partial charge in [-0.1, -0.05) is 24.6 Å². The molecule has 0 radical (unpaired) electrons. The summed E-state index contributed by atoms with van der Waals surface area (Å²) in [5, 5.41) is 3.56. The molecule has 3 heteroatoms. The third-order valence-electron chi connectivity index (χ3n) is 2.59. The molecule has 0 saturated carbocycles. The first-order valence-electron chi connectivity index (χ1n) is 5.25. The smallest absolute Gasteiger partial charge is 0.142 e. The molecule has 1 rings (SSSR count). The van der Waals surface area contributed by atoms with Crippen LogP contribution in [0.1, 0.15) is 38.8 Å². The highest BCUT2D eigenvalue weighted by atomic mass is 35.5. The Balaban J connectivity index is 2.73. The van der Waals surface area contributed by atoms with E-state index >= 15 is 0 Å². The molecule has 0 aliphatic carbocycles. The van der Waals surface area contributed by atoms with Gasteiger partial charge in [-0.2, -0.15) is 0 Å². The molecule has 0 saturated heterocycles. The molecule has 0 spiro atoms. The summed E-state index contributed by atoms with van der Waals surface area (Å²) in [5.41, 5.74) is 0.928. The zero-order valence-corrected chi connectivity index (χ0v) is 10.1. The van der Waals surface area contributed by atoms with Crippen LogP contribution >= 0.6 is 11.6 Å². The van der Waals surface area contributed by atoms with Crippen LogP contribution in [-0.2, 0) is 0 Å². The van der Waals surface area contributed by atoms with Gasteiger partial charge in [0, 0.05) is 12.1 Å². The van der Waals surface area contributed by atoms with Crippen molar-refractivity contribution in [3.8, 4) is 0 Å². The third kappa shape index (κ3) is 3.47. The minimum atomic E-state index is -0.355. The quantitative estimate of drug-likeness (QED) is 0.825. The lowest BCUT2D eigenvalue weighted by Crippen LogP contribution is -2.28. The van der Waals surface area contributed by atoms with E-state index in [0.29, 0.717) is 6.04 Å². The second-order valence-corrected chi connectivity index (χ2v) is 4.28. The number of hydrogen-bond acceptors (Lipinski definition) is 1. The molecule has 0 bridgehead atoms. The summed E-state index contributed by atoms with van der Waals surface area (Å²) in [7, 11) is 0. The lowest BCUT2D eigenvalue weighted by Gasteiger charge is -2.19. The van der Waals surface area contributed by atoms with Gasteiger partial charge in [-0.05, 0) is 38.0 Å². The second-order valence-electron chi connectivity index (χ2n) is 3.87. The first-order chi connectivity index (χ1) is 7.04. The van der Waals surface area contributed by atoms with Crippen LogP contribution in [0.4, 0.5) is 4.39 Å². The van der Waals surface area contributed by atoms with Gasteiger partial charge in [0.25, 0.3) is 0 Å². The molecule has 0 fully saturated rings. The van der Waals surface area contributed by atoms with Gasteiger partial charge in [-0.25, -0.2) is 4.39 Å². The molecule has 0 heterocycles. The van der Waals surface area contributed by atoms with Crippen molar-refractivity contribution in [2.24, 2.45) is 0 Å². The largest absolute Gasteiger partial charge is 0.308 e. The summed E-state index contributed by atoms with van der Waals surface area (Å²) in [6, 6.07) is 5.51. The van der Waals surface area contributed by atoms with Gasteiger partial charge in [0.1, 0.15) is 5.82 Å². The van der Waals surface area contributed by atoms with Crippen molar-refractivity contribution in [1.29, 1.82) is 0 Å². The predicted octanol–water partition coefficient (Wildman–Crippen LogP) is 3.93. The Hall–Kier alpha value is -0.600. The summed E-state index contributed by atoms with van der Waals surface area (Å²) in [5.74, 6) is -0.355. The molecular formula is C12H17ClFN. The lowest BCUT2D eigenvalue weighted by atomic mass is 10.1. The Labute approximate surface area is 95.6 Å². The van der Waals surface area contributed by atoms with E-state index in [1.165, 1.54) is 6.07 Å². The highest BCUT2D eigenvalue weighted by Crippen LogP contribution is 2.20. The molecule has 0 aliphatic heterocycles. The van der Waals surface area contributed by atoms with Crippen LogP contribution in [0.25, 0.3) is 0 Å². The Morgan fingerprint density at radius 3 is 2.60 bits per heavy atom. The van der Waals surface area contributed by atoms with E-state index in [9.17, 15) is 4.39 Å². The van der Waals surface area contributed by atoms with Crippen LogP contribution in [0.15, 0.2) is 18.2 Å². The summed E-state index contributed by atoms with van der Waals surface area (Å²) < 4.78 is 13.2. The van der Waals surface area contributed by atoms with E-state index in [1.807, 2.05) is 13.0 Å². The Morgan fingerprint density at radius 2 is 2.07 bits per heavy atom. The van der Waals surface area contributed by atoms with Crippen molar-refractivity contribution in [3.63, 3.8) is 0 Å². The predicted molar refractivity (Wildman–Crippen MR) is 62.7 cm³/mol. The Morgan fingerprint density at radius 1 is 1.40 bits per heavy atom. The normalized spacial score (nSPS) is 15.0. The van der Waals surface area contributed by atoms with E-state index in [-0.39, 0.29) is 16.9 Å². The highest BCUT2D eigenvalue weighted by molar-refractivity contribution is 6.30. The number of hydrogen-bond donors (Lipinski definition) is 1. The SMILES string of the molecule is CCC(C)N[C@H](C)c1ccc(Cl)c(F)c1. The molecule has 0 aromatic heterocycles. The standard InChI is InChI=1S/C12H17ClFN/c1-4-8(2)15-9(3)10-5-6-11(13)12(14)7-10/h5-9,15H,4H2,1-3H3/t8?,9-/m1/s1. The molecule has 1 N–H and O–H groups in total.